The average molecular weight is 266 g/mol. The van der Waals surface area contributed by atoms with Gasteiger partial charge in [-0.1, -0.05) is 12.8 Å². The van der Waals surface area contributed by atoms with Crippen LogP contribution in [-0.4, -0.2) is 61.6 Å². The maximum absolute atomic E-state index is 4.80. The van der Waals surface area contributed by atoms with Crippen LogP contribution in [-0.2, 0) is 0 Å². The highest BCUT2D eigenvalue weighted by molar-refractivity contribution is 5.80. The number of likely N-dealkylation sites (N-methyl/N-ethyl adjacent to an activating group) is 1. The number of aliphatic imine (C=N–C) groups is 1. The molecule has 0 aromatic carbocycles. The molecule has 19 heavy (non-hydrogen) atoms. The van der Waals surface area contributed by atoms with Crippen LogP contribution >= 0.6 is 0 Å². The average Bonchev–Trinajstić information content (AvgIpc) is 3.10. The van der Waals surface area contributed by atoms with Crippen LogP contribution < -0.4 is 5.32 Å². The van der Waals surface area contributed by atoms with E-state index in [-0.39, 0.29) is 0 Å². The second-order valence-electron chi connectivity index (χ2n) is 5.85. The Balaban J connectivity index is 1.76. The van der Waals surface area contributed by atoms with Crippen molar-refractivity contribution in [2.24, 2.45) is 4.99 Å². The van der Waals surface area contributed by atoms with Crippen molar-refractivity contribution in [3.63, 3.8) is 0 Å². The van der Waals surface area contributed by atoms with Crippen LogP contribution in [0.2, 0.25) is 0 Å². The molecule has 1 saturated heterocycles. The van der Waals surface area contributed by atoms with Crippen molar-refractivity contribution < 1.29 is 0 Å². The molecule has 0 bridgehead atoms. The van der Waals surface area contributed by atoms with Crippen LogP contribution in [0, 0.1) is 0 Å². The van der Waals surface area contributed by atoms with E-state index in [0.29, 0.717) is 0 Å². The Morgan fingerprint density at radius 1 is 1.21 bits per heavy atom. The molecule has 110 valence electrons. The molecule has 0 spiro atoms. The second kappa shape index (κ2) is 7.73. The fourth-order valence-electron chi connectivity index (χ4n) is 3.20. The second-order valence-corrected chi connectivity index (χ2v) is 5.85. The van der Waals surface area contributed by atoms with Crippen LogP contribution in [0.15, 0.2) is 4.99 Å². The van der Waals surface area contributed by atoms with Gasteiger partial charge < -0.3 is 15.1 Å². The normalized spacial score (nSPS) is 21.6. The van der Waals surface area contributed by atoms with Gasteiger partial charge in [-0.2, -0.15) is 0 Å². The molecule has 1 heterocycles. The summed E-state index contributed by atoms with van der Waals surface area (Å²) in [6.45, 7) is 7.47. The van der Waals surface area contributed by atoms with Gasteiger partial charge >= 0.3 is 0 Å². The zero-order valence-corrected chi connectivity index (χ0v) is 12.7. The van der Waals surface area contributed by atoms with Crippen molar-refractivity contribution in [2.45, 2.75) is 51.5 Å². The van der Waals surface area contributed by atoms with Crippen LogP contribution in [0.25, 0.3) is 0 Å². The summed E-state index contributed by atoms with van der Waals surface area (Å²) in [5, 5.41) is 3.43. The number of hydrogen-bond donors (Lipinski definition) is 1. The highest BCUT2D eigenvalue weighted by Gasteiger charge is 2.19. The van der Waals surface area contributed by atoms with Gasteiger partial charge in [0.05, 0.1) is 6.54 Å². The van der Waals surface area contributed by atoms with E-state index in [1.165, 1.54) is 51.6 Å². The van der Waals surface area contributed by atoms with Gasteiger partial charge in [-0.3, -0.25) is 4.99 Å². The Morgan fingerprint density at radius 2 is 1.89 bits per heavy atom. The zero-order chi connectivity index (χ0) is 13.5. The van der Waals surface area contributed by atoms with Gasteiger partial charge in [-0.05, 0) is 39.7 Å². The molecule has 0 unspecified atom stereocenters. The lowest BCUT2D eigenvalue weighted by molar-refractivity contribution is 0.252. The van der Waals surface area contributed by atoms with Crippen molar-refractivity contribution in [1.82, 2.24) is 15.1 Å². The molecule has 0 atom stereocenters. The minimum atomic E-state index is 0.810. The highest BCUT2D eigenvalue weighted by Crippen LogP contribution is 2.21. The predicted octanol–water partition coefficient (Wildman–Crippen LogP) is 1.92. The molecule has 1 saturated carbocycles. The van der Waals surface area contributed by atoms with Crippen molar-refractivity contribution in [2.75, 3.05) is 39.8 Å². The molecule has 0 radical (unpaired) electrons. The van der Waals surface area contributed by atoms with E-state index < -0.39 is 0 Å². The zero-order valence-electron chi connectivity index (χ0n) is 12.7. The number of nitrogens with zero attached hydrogens (tertiary/aromatic N) is 3. The van der Waals surface area contributed by atoms with Gasteiger partial charge in [-0.15, -0.1) is 0 Å². The summed E-state index contributed by atoms with van der Waals surface area (Å²) in [6.07, 6.45) is 8.21. The van der Waals surface area contributed by atoms with Crippen molar-refractivity contribution in [3.8, 4) is 0 Å². The third-order valence-corrected chi connectivity index (χ3v) is 4.40. The molecular formula is C15H30N4. The Labute approximate surface area is 118 Å². The summed E-state index contributed by atoms with van der Waals surface area (Å²) in [7, 11) is 2.26. The van der Waals surface area contributed by atoms with E-state index in [1.807, 2.05) is 0 Å². The highest BCUT2D eigenvalue weighted by atomic mass is 15.3. The molecule has 1 N–H and O–H groups in total. The molecular weight excluding hydrogens is 236 g/mol. The summed E-state index contributed by atoms with van der Waals surface area (Å²) in [6, 6.07) is 0.810. The molecule has 0 aromatic rings. The first-order valence-electron chi connectivity index (χ1n) is 8.04. The molecule has 2 fully saturated rings. The van der Waals surface area contributed by atoms with Crippen LogP contribution in [0.3, 0.4) is 0 Å². The summed E-state index contributed by atoms with van der Waals surface area (Å²) < 4.78 is 0. The molecule has 4 nitrogen and oxygen atoms in total. The maximum atomic E-state index is 4.80. The van der Waals surface area contributed by atoms with Crippen molar-refractivity contribution >= 4 is 5.96 Å². The van der Waals surface area contributed by atoms with Crippen LogP contribution in [0.4, 0.5) is 0 Å². The number of likely N-dealkylation sites (tertiary alicyclic amines) is 1. The lowest BCUT2D eigenvalue weighted by atomic mass is 10.2. The van der Waals surface area contributed by atoms with Gasteiger partial charge in [-0.25, -0.2) is 0 Å². The number of hydrogen-bond acceptors (Lipinski definition) is 2. The smallest absolute Gasteiger partial charge is 0.193 e. The molecule has 2 aliphatic rings. The summed E-state index contributed by atoms with van der Waals surface area (Å²) in [5.41, 5.74) is 0. The molecule has 1 aliphatic heterocycles. The Hall–Kier alpha value is -0.770. The quantitative estimate of drug-likeness (QED) is 0.609. The van der Waals surface area contributed by atoms with Crippen molar-refractivity contribution in [1.29, 1.82) is 0 Å². The number of guanidine groups is 1. The van der Waals surface area contributed by atoms with E-state index in [0.717, 1.165) is 31.6 Å². The molecule has 1 aliphatic carbocycles. The standard InChI is InChI=1S/C15H30N4/c1-3-16-15(19-11-6-7-12-19)17-10-13-18(2)14-8-4-5-9-14/h14H,3-13H2,1-2H3,(H,16,17). The molecule has 4 heteroatoms. The van der Waals surface area contributed by atoms with Gasteiger partial charge in [0, 0.05) is 32.2 Å². The minimum Gasteiger partial charge on any atom is -0.357 e. The van der Waals surface area contributed by atoms with E-state index in [9.17, 15) is 0 Å². The topological polar surface area (TPSA) is 30.9 Å². The Bertz CT molecular complexity index is 278. The van der Waals surface area contributed by atoms with Gasteiger partial charge in [0.25, 0.3) is 0 Å². The molecule has 0 aromatic heterocycles. The summed E-state index contributed by atoms with van der Waals surface area (Å²) >= 11 is 0. The summed E-state index contributed by atoms with van der Waals surface area (Å²) in [5.74, 6) is 1.12. The lowest BCUT2D eigenvalue weighted by Crippen LogP contribution is -2.40. The fourth-order valence-corrected chi connectivity index (χ4v) is 3.20. The van der Waals surface area contributed by atoms with Crippen LogP contribution in [0.1, 0.15) is 45.4 Å². The monoisotopic (exact) mass is 266 g/mol. The first kappa shape index (κ1) is 14.6. The van der Waals surface area contributed by atoms with Gasteiger partial charge in [0.1, 0.15) is 0 Å². The minimum absolute atomic E-state index is 0.810. The predicted molar refractivity (Wildman–Crippen MR) is 81.7 cm³/mol. The van der Waals surface area contributed by atoms with Gasteiger partial charge in [0.15, 0.2) is 5.96 Å². The molecule has 0 amide bonds. The fraction of sp³-hybridized carbons (Fsp3) is 0.933. The third kappa shape index (κ3) is 4.37. The SMILES string of the molecule is CCNC(=NCCN(C)C1CCCC1)N1CCCC1. The Kier molecular flexibility index (Phi) is 5.95. The lowest BCUT2D eigenvalue weighted by Gasteiger charge is -2.24. The first-order valence-corrected chi connectivity index (χ1v) is 8.04. The van der Waals surface area contributed by atoms with E-state index in [2.05, 4.69) is 29.1 Å². The number of nitrogens with one attached hydrogen (secondary N) is 1. The van der Waals surface area contributed by atoms with Crippen LogP contribution in [0.5, 0.6) is 0 Å². The van der Waals surface area contributed by atoms with E-state index in [1.54, 1.807) is 0 Å². The van der Waals surface area contributed by atoms with Gasteiger partial charge in [0.2, 0.25) is 0 Å². The van der Waals surface area contributed by atoms with Crippen molar-refractivity contribution in [3.05, 3.63) is 0 Å². The first-order chi connectivity index (χ1) is 9.31. The number of rotatable bonds is 5. The Morgan fingerprint density at radius 3 is 2.53 bits per heavy atom. The third-order valence-electron chi connectivity index (χ3n) is 4.40. The largest absolute Gasteiger partial charge is 0.357 e. The maximum Gasteiger partial charge on any atom is 0.193 e. The molecule has 2 rings (SSSR count). The van der Waals surface area contributed by atoms with E-state index in [4.69, 9.17) is 4.99 Å². The summed E-state index contributed by atoms with van der Waals surface area (Å²) in [4.78, 5) is 9.70. The van der Waals surface area contributed by atoms with E-state index >= 15 is 0 Å².